The summed E-state index contributed by atoms with van der Waals surface area (Å²) in [6, 6.07) is 15.4. The highest BCUT2D eigenvalue weighted by atomic mass is 79.9. The van der Waals surface area contributed by atoms with Crippen LogP contribution in [0.25, 0.3) is 0 Å². The molecule has 2 atom stereocenters. The van der Waals surface area contributed by atoms with Crippen molar-refractivity contribution in [2.75, 3.05) is 39.4 Å². The molecule has 0 aromatic heterocycles. The van der Waals surface area contributed by atoms with Crippen molar-refractivity contribution in [1.29, 1.82) is 0 Å². The maximum Gasteiger partial charge on any atom is 0.124 e. The summed E-state index contributed by atoms with van der Waals surface area (Å²) in [5, 5.41) is 3.48. The van der Waals surface area contributed by atoms with E-state index in [0.717, 1.165) is 55.8 Å². The van der Waals surface area contributed by atoms with Crippen molar-refractivity contribution >= 4 is 15.9 Å². The summed E-state index contributed by atoms with van der Waals surface area (Å²) in [5.41, 5.74) is 4.02. The lowest BCUT2D eigenvalue weighted by Gasteiger charge is -2.38. The molecule has 0 spiro atoms. The Kier molecular flexibility index (Phi) is 6.68. The van der Waals surface area contributed by atoms with E-state index in [-0.39, 0.29) is 12.1 Å². The number of nitrogens with zero attached hydrogens (tertiary/aromatic N) is 1. The summed E-state index contributed by atoms with van der Waals surface area (Å²) in [6.45, 7) is 7.67. The van der Waals surface area contributed by atoms with Crippen LogP contribution in [0.1, 0.15) is 42.2 Å². The van der Waals surface area contributed by atoms with Crippen LogP contribution in [0.4, 0.5) is 0 Å². The van der Waals surface area contributed by atoms with Crippen molar-refractivity contribution in [3.63, 3.8) is 0 Å². The molecule has 2 unspecified atom stereocenters. The van der Waals surface area contributed by atoms with Gasteiger partial charge in [0.15, 0.2) is 0 Å². The van der Waals surface area contributed by atoms with Crippen LogP contribution < -0.4 is 10.1 Å². The van der Waals surface area contributed by atoms with Gasteiger partial charge in [0.25, 0.3) is 0 Å². The van der Waals surface area contributed by atoms with Gasteiger partial charge in [0, 0.05) is 42.3 Å². The first kappa shape index (κ1) is 19.9. The van der Waals surface area contributed by atoms with Crippen molar-refractivity contribution in [1.82, 2.24) is 10.2 Å². The molecule has 2 aliphatic rings. The van der Waals surface area contributed by atoms with Crippen molar-refractivity contribution < 1.29 is 9.47 Å². The number of para-hydroxylation sites is 1. The Balaban J connectivity index is 1.66. The summed E-state index contributed by atoms with van der Waals surface area (Å²) in [6.07, 6.45) is 2.05. The molecule has 2 aromatic rings. The lowest BCUT2D eigenvalue weighted by atomic mass is 9.90. The molecule has 2 heterocycles. The quantitative estimate of drug-likeness (QED) is 0.710. The third kappa shape index (κ3) is 4.43. The molecule has 0 bridgehead atoms. The first-order chi connectivity index (χ1) is 13.8. The highest BCUT2D eigenvalue weighted by Crippen LogP contribution is 2.40. The van der Waals surface area contributed by atoms with E-state index < -0.39 is 0 Å². The zero-order chi connectivity index (χ0) is 19.3. The minimum Gasteiger partial charge on any atom is -0.494 e. The second-order valence-corrected chi connectivity index (χ2v) is 8.38. The molecule has 150 valence electrons. The molecule has 2 aliphatic heterocycles. The molecule has 0 amide bonds. The van der Waals surface area contributed by atoms with E-state index in [2.05, 4.69) is 75.5 Å². The lowest BCUT2D eigenvalue weighted by Crippen LogP contribution is -2.45. The van der Waals surface area contributed by atoms with Gasteiger partial charge in [0.1, 0.15) is 5.75 Å². The average molecular weight is 445 g/mol. The van der Waals surface area contributed by atoms with Gasteiger partial charge in [0.2, 0.25) is 0 Å². The minimum atomic E-state index is 0.117. The van der Waals surface area contributed by atoms with Crippen LogP contribution in [0.3, 0.4) is 0 Å². The number of rotatable bonds is 6. The molecule has 1 saturated heterocycles. The molecule has 28 heavy (non-hydrogen) atoms. The number of hydrogen-bond donors (Lipinski definition) is 1. The number of nitrogens with one attached hydrogen (secondary N) is 1. The summed E-state index contributed by atoms with van der Waals surface area (Å²) in [7, 11) is 0. The molecule has 1 fully saturated rings. The zero-order valence-corrected chi connectivity index (χ0v) is 18.1. The molecule has 4 nitrogen and oxygen atoms in total. The number of piperazine rings is 1. The third-order valence-corrected chi connectivity index (χ3v) is 6.24. The Hall–Kier alpha value is -1.40. The van der Waals surface area contributed by atoms with Crippen LogP contribution >= 0.6 is 15.9 Å². The van der Waals surface area contributed by atoms with Gasteiger partial charge in [-0.1, -0.05) is 40.2 Å². The second kappa shape index (κ2) is 9.40. The summed E-state index contributed by atoms with van der Waals surface area (Å²) >= 11 is 3.61. The molecule has 0 aliphatic carbocycles. The van der Waals surface area contributed by atoms with Crippen LogP contribution in [0.15, 0.2) is 46.9 Å². The second-order valence-electron chi connectivity index (χ2n) is 7.46. The molecular weight excluding hydrogens is 416 g/mol. The van der Waals surface area contributed by atoms with Gasteiger partial charge in [-0.15, -0.1) is 0 Å². The predicted molar refractivity (Wildman–Crippen MR) is 116 cm³/mol. The van der Waals surface area contributed by atoms with Crippen molar-refractivity contribution in [3.05, 3.63) is 63.6 Å². The van der Waals surface area contributed by atoms with Crippen molar-refractivity contribution in [3.8, 4) is 5.75 Å². The van der Waals surface area contributed by atoms with Gasteiger partial charge < -0.3 is 14.8 Å². The molecule has 5 heteroatoms. The van der Waals surface area contributed by atoms with Gasteiger partial charge in [-0.25, -0.2) is 0 Å². The summed E-state index contributed by atoms with van der Waals surface area (Å²) in [4.78, 5) is 2.59. The van der Waals surface area contributed by atoms with E-state index in [1.54, 1.807) is 0 Å². The van der Waals surface area contributed by atoms with E-state index in [4.69, 9.17) is 9.47 Å². The molecule has 0 radical (unpaired) electrons. The Morgan fingerprint density at radius 3 is 2.86 bits per heavy atom. The molecular formula is C23H29BrN2O2. The Bertz CT molecular complexity index is 792. The van der Waals surface area contributed by atoms with Crippen molar-refractivity contribution in [2.45, 2.75) is 31.9 Å². The molecule has 1 N–H and O–H groups in total. The van der Waals surface area contributed by atoms with E-state index in [1.807, 2.05) is 0 Å². The Morgan fingerprint density at radius 1 is 1.21 bits per heavy atom. The van der Waals surface area contributed by atoms with Crippen molar-refractivity contribution in [2.24, 2.45) is 0 Å². The number of hydrogen-bond acceptors (Lipinski definition) is 4. The normalized spacial score (nSPS) is 21.1. The average Bonchev–Trinajstić information content (AvgIpc) is 2.73. The van der Waals surface area contributed by atoms with E-state index in [0.29, 0.717) is 6.61 Å². The van der Waals surface area contributed by atoms with Gasteiger partial charge >= 0.3 is 0 Å². The highest BCUT2D eigenvalue weighted by Gasteiger charge is 2.31. The summed E-state index contributed by atoms with van der Waals surface area (Å²) < 4.78 is 13.4. The predicted octanol–water partition coefficient (Wildman–Crippen LogP) is 4.50. The fourth-order valence-corrected chi connectivity index (χ4v) is 4.82. The van der Waals surface area contributed by atoms with Gasteiger partial charge in [-0.05, 0) is 49.1 Å². The Labute approximate surface area is 176 Å². The standard InChI is InChI=1S/C23H29BrN2O2/c1-2-27-22-6-4-3-5-20(22)21(26-12-10-25-11-13-26)16-23-19-8-7-18(24)15-17(19)9-14-28-23/h3-8,15,21,23,25H,2,9-14,16H2,1H3. The SMILES string of the molecule is CCOc1ccccc1C(CC1OCCc2cc(Br)ccc21)N1CCNCC1. The summed E-state index contributed by atoms with van der Waals surface area (Å²) in [5.74, 6) is 1.00. The fourth-order valence-electron chi connectivity index (χ4n) is 4.41. The number of halogens is 1. The van der Waals surface area contributed by atoms with Gasteiger partial charge in [0.05, 0.1) is 19.3 Å². The van der Waals surface area contributed by atoms with E-state index in [1.165, 1.54) is 16.7 Å². The van der Waals surface area contributed by atoms with Gasteiger partial charge in [-0.2, -0.15) is 0 Å². The number of fused-ring (bicyclic) bond motifs is 1. The van der Waals surface area contributed by atoms with Crippen LogP contribution in [-0.2, 0) is 11.2 Å². The fraction of sp³-hybridized carbons (Fsp3) is 0.478. The van der Waals surface area contributed by atoms with E-state index in [9.17, 15) is 0 Å². The molecule has 0 saturated carbocycles. The highest BCUT2D eigenvalue weighted by molar-refractivity contribution is 9.10. The third-order valence-electron chi connectivity index (χ3n) is 5.75. The minimum absolute atomic E-state index is 0.117. The number of ether oxygens (including phenoxy) is 2. The largest absolute Gasteiger partial charge is 0.494 e. The first-order valence-corrected chi connectivity index (χ1v) is 11.1. The number of benzene rings is 2. The van der Waals surface area contributed by atoms with Crippen LogP contribution in [-0.4, -0.2) is 44.3 Å². The lowest BCUT2D eigenvalue weighted by molar-refractivity contribution is 0.0115. The van der Waals surface area contributed by atoms with Crippen LogP contribution in [0.5, 0.6) is 5.75 Å². The van der Waals surface area contributed by atoms with Crippen LogP contribution in [0, 0.1) is 0 Å². The topological polar surface area (TPSA) is 33.7 Å². The maximum absolute atomic E-state index is 6.29. The first-order valence-electron chi connectivity index (χ1n) is 10.3. The molecule has 2 aromatic carbocycles. The van der Waals surface area contributed by atoms with Gasteiger partial charge in [-0.3, -0.25) is 4.90 Å². The van der Waals surface area contributed by atoms with E-state index >= 15 is 0 Å². The zero-order valence-electron chi connectivity index (χ0n) is 16.5. The monoisotopic (exact) mass is 444 g/mol. The smallest absolute Gasteiger partial charge is 0.124 e. The molecule has 4 rings (SSSR count). The Morgan fingerprint density at radius 2 is 2.04 bits per heavy atom. The van der Waals surface area contributed by atoms with Crippen LogP contribution in [0.2, 0.25) is 0 Å². The maximum atomic E-state index is 6.29.